The second-order valence-electron chi connectivity index (χ2n) is 4.19. The van der Waals surface area contributed by atoms with Crippen LogP contribution in [0, 0.1) is 0 Å². The standard InChI is InChI=1S/C14H12N2O3/c1-16-8-4-5-10(13(16)17)9-18-14-15-11-6-2-3-7-12(11)19-14/h2-8H,9H2,1H3. The van der Waals surface area contributed by atoms with Crippen molar-refractivity contribution in [2.45, 2.75) is 6.61 Å². The summed E-state index contributed by atoms with van der Waals surface area (Å²) in [6, 6.07) is 10.9. The van der Waals surface area contributed by atoms with Crippen molar-refractivity contribution in [2.75, 3.05) is 0 Å². The van der Waals surface area contributed by atoms with Crippen molar-refractivity contribution < 1.29 is 9.15 Å². The Balaban J connectivity index is 1.82. The number of para-hydroxylation sites is 2. The van der Waals surface area contributed by atoms with Gasteiger partial charge in [0.05, 0.1) is 5.56 Å². The lowest BCUT2D eigenvalue weighted by Gasteiger charge is -2.02. The van der Waals surface area contributed by atoms with Crippen molar-refractivity contribution in [3.8, 4) is 6.08 Å². The molecule has 5 heteroatoms. The average molecular weight is 256 g/mol. The molecule has 0 N–H and O–H groups in total. The van der Waals surface area contributed by atoms with Crippen molar-refractivity contribution >= 4 is 11.1 Å². The number of fused-ring (bicyclic) bond motifs is 1. The van der Waals surface area contributed by atoms with E-state index < -0.39 is 0 Å². The van der Waals surface area contributed by atoms with Crippen molar-refractivity contribution in [3.05, 3.63) is 58.5 Å². The first-order valence-corrected chi connectivity index (χ1v) is 5.87. The summed E-state index contributed by atoms with van der Waals surface area (Å²) in [5.74, 6) is 0. The Labute approximate surface area is 109 Å². The number of ether oxygens (including phenoxy) is 1. The minimum Gasteiger partial charge on any atom is -0.445 e. The van der Waals surface area contributed by atoms with Gasteiger partial charge in [-0.3, -0.25) is 4.79 Å². The lowest BCUT2D eigenvalue weighted by Crippen LogP contribution is -2.21. The molecule has 96 valence electrons. The van der Waals surface area contributed by atoms with Gasteiger partial charge in [-0.1, -0.05) is 12.1 Å². The molecular formula is C14H12N2O3. The maximum atomic E-state index is 11.8. The van der Waals surface area contributed by atoms with Gasteiger partial charge < -0.3 is 13.7 Å². The molecular weight excluding hydrogens is 244 g/mol. The van der Waals surface area contributed by atoms with Gasteiger partial charge in [-0.2, -0.15) is 4.98 Å². The number of benzene rings is 1. The Kier molecular flexibility index (Phi) is 2.79. The topological polar surface area (TPSA) is 57.3 Å². The second-order valence-corrected chi connectivity index (χ2v) is 4.19. The lowest BCUT2D eigenvalue weighted by molar-refractivity contribution is 0.225. The van der Waals surface area contributed by atoms with E-state index in [1.807, 2.05) is 24.3 Å². The average Bonchev–Trinajstić information content (AvgIpc) is 2.83. The molecule has 0 radical (unpaired) electrons. The summed E-state index contributed by atoms with van der Waals surface area (Å²) in [5, 5.41) is 0. The molecule has 0 spiro atoms. The molecule has 19 heavy (non-hydrogen) atoms. The summed E-state index contributed by atoms with van der Waals surface area (Å²) in [6.07, 6.45) is 1.87. The zero-order valence-electron chi connectivity index (χ0n) is 10.4. The molecule has 0 aliphatic rings. The summed E-state index contributed by atoms with van der Waals surface area (Å²) in [5.41, 5.74) is 1.88. The van der Waals surface area contributed by atoms with Gasteiger partial charge >= 0.3 is 6.08 Å². The summed E-state index contributed by atoms with van der Waals surface area (Å²) >= 11 is 0. The fourth-order valence-corrected chi connectivity index (χ4v) is 1.82. The highest BCUT2D eigenvalue weighted by Crippen LogP contribution is 2.20. The highest BCUT2D eigenvalue weighted by Gasteiger charge is 2.07. The van der Waals surface area contributed by atoms with E-state index in [0.717, 1.165) is 5.52 Å². The molecule has 2 aromatic heterocycles. The molecule has 0 saturated heterocycles. The summed E-state index contributed by atoms with van der Waals surface area (Å²) in [7, 11) is 1.70. The van der Waals surface area contributed by atoms with Crippen LogP contribution in [0.5, 0.6) is 6.08 Å². The first-order valence-electron chi connectivity index (χ1n) is 5.87. The molecule has 0 saturated carbocycles. The number of pyridine rings is 1. The molecule has 5 nitrogen and oxygen atoms in total. The van der Waals surface area contributed by atoms with Crippen LogP contribution in [0.15, 0.2) is 51.8 Å². The monoisotopic (exact) mass is 256 g/mol. The number of hydrogen-bond acceptors (Lipinski definition) is 4. The third-order valence-corrected chi connectivity index (χ3v) is 2.83. The van der Waals surface area contributed by atoms with Crippen molar-refractivity contribution in [3.63, 3.8) is 0 Å². The van der Waals surface area contributed by atoms with Crippen LogP contribution in [0.3, 0.4) is 0 Å². The first-order chi connectivity index (χ1) is 9.24. The van der Waals surface area contributed by atoms with Gasteiger partial charge in [0.15, 0.2) is 5.58 Å². The van der Waals surface area contributed by atoms with E-state index in [-0.39, 0.29) is 18.2 Å². The molecule has 1 aromatic carbocycles. The van der Waals surface area contributed by atoms with Gasteiger partial charge in [-0.05, 0) is 24.3 Å². The smallest absolute Gasteiger partial charge is 0.394 e. The largest absolute Gasteiger partial charge is 0.445 e. The molecule has 0 aliphatic heterocycles. The summed E-state index contributed by atoms with van der Waals surface area (Å²) in [6.45, 7) is 0.139. The normalized spacial score (nSPS) is 10.8. The van der Waals surface area contributed by atoms with Gasteiger partial charge in [-0.15, -0.1) is 0 Å². The van der Waals surface area contributed by atoms with E-state index in [1.165, 1.54) is 4.57 Å². The van der Waals surface area contributed by atoms with Gasteiger partial charge in [0.2, 0.25) is 0 Å². The molecule has 3 aromatic rings. The predicted octanol–water partition coefficient (Wildman–Crippen LogP) is 2.11. The number of aryl methyl sites for hydroxylation is 1. The summed E-state index contributed by atoms with van der Waals surface area (Å²) < 4.78 is 12.3. The Morgan fingerprint density at radius 3 is 2.95 bits per heavy atom. The molecule has 0 bridgehead atoms. The third kappa shape index (κ3) is 2.22. The molecule has 0 aliphatic carbocycles. The SMILES string of the molecule is Cn1cccc(COc2nc3ccccc3o2)c1=O. The molecule has 0 unspecified atom stereocenters. The van der Waals surface area contributed by atoms with Crippen molar-refractivity contribution in [1.82, 2.24) is 9.55 Å². The van der Waals surface area contributed by atoms with Crippen molar-refractivity contribution in [1.29, 1.82) is 0 Å². The van der Waals surface area contributed by atoms with Crippen LogP contribution in [0.2, 0.25) is 0 Å². The zero-order chi connectivity index (χ0) is 13.2. The van der Waals surface area contributed by atoms with E-state index in [1.54, 1.807) is 25.4 Å². The minimum absolute atomic E-state index is 0.0846. The Bertz CT molecular complexity index is 740. The number of nitrogens with zero attached hydrogens (tertiary/aromatic N) is 2. The van der Waals surface area contributed by atoms with E-state index >= 15 is 0 Å². The van der Waals surface area contributed by atoms with Gasteiger partial charge in [0, 0.05) is 13.2 Å². The van der Waals surface area contributed by atoms with Gasteiger partial charge in [0.1, 0.15) is 12.1 Å². The van der Waals surface area contributed by atoms with E-state index in [2.05, 4.69) is 4.98 Å². The van der Waals surface area contributed by atoms with Crippen LogP contribution in [-0.4, -0.2) is 9.55 Å². The molecule has 0 amide bonds. The summed E-state index contributed by atoms with van der Waals surface area (Å²) in [4.78, 5) is 16.0. The van der Waals surface area contributed by atoms with E-state index in [0.29, 0.717) is 11.1 Å². The number of rotatable bonds is 3. The minimum atomic E-state index is -0.0846. The fourth-order valence-electron chi connectivity index (χ4n) is 1.82. The second kappa shape index (κ2) is 4.61. The van der Waals surface area contributed by atoms with Crippen molar-refractivity contribution in [2.24, 2.45) is 7.05 Å². The quantitative estimate of drug-likeness (QED) is 0.720. The lowest BCUT2D eigenvalue weighted by atomic mass is 10.3. The maximum absolute atomic E-state index is 11.8. The predicted molar refractivity (Wildman–Crippen MR) is 70.0 cm³/mol. The Morgan fingerprint density at radius 1 is 1.26 bits per heavy atom. The van der Waals surface area contributed by atoms with Crippen LogP contribution in [0.25, 0.3) is 11.1 Å². The fraction of sp³-hybridized carbons (Fsp3) is 0.143. The van der Waals surface area contributed by atoms with Crippen LogP contribution in [0.1, 0.15) is 5.56 Å². The van der Waals surface area contributed by atoms with E-state index in [4.69, 9.17) is 9.15 Å². The molecule has 2 heterocycles. The number of oxazole rings is 1. The Morgan fingerprint density at radius 2 is 2.11 bits per heavy atom. The van der Waals surface area contributed by atoms with Crippen LogP contribution >= 0.6 is 0 Å². The number of hydrogen-bond donors (Lipinski definition) is 0. The van der Waals surface area contributed by atoms with Crippen LogP contribution < -0.4 is 10.3 Å². The molecule has 0 atom stereocenters. The highest BCUT2D eigenvalue weighted by atomic mass is 16.6. The maximum Gasteiger partial charge on any atom is 0.394 e. The molecule has 3 rings (SSSR count). The highest BCUT2D eigenvalue weighted by molar-refractivity contribution is 5.72. The van der Waals surface area contributed by atoms with E-state index in [9.17, 15) is 4.79 Å². The zero-order valence-corrected chi connectivity index (χ0v) is 10.4. The Hall–Kier alpha value is -2.56. The molecule has 0 fully saturated rings. The van der Waals surface area contributed by atoms with Gasteiger partial charge in [0.25, 0.3) is 5.56 Å². The van der Waals surface area contributed by atoms with Crippen LogP contribution in [0.4, 0.5) is 0 Å². The first kappa shape index (κ1) is 11.5. The number of aromatic nitrogens is 2. The third-order valence-electron chi connectivity index (χ3n) is 2.83. The van der Waals surface area contributed by atoms with Crippen LogP contribution in [-0.2, 0) is 13.7 Å². The van der Waals surface area contributed by atoms with Gasteiger partial charge in [-0.25, -0.2) is 0 Å².